The van der Waals surface area contributed by atoms with Crippen LogP contribution < -0.4 is 0 Å². The summed E-state index contributed by atoms with van der Waals surface area (Å²) in [5.41, 5.74) is -0.866. The van der Waals surface area contributed by atoms with Crippen molar-refractivity contribution in [3.05, 3.63) is 28.0 Å². The molecule has 0 saturated heterocycles. The fourth-order valence-corrected chi connectivity index (χ4v) is 4.16. The van der Waals surface area contributed by atoms with Gasteiger partial charge < -0.3 is 0 Å². The fraction of sp³-hybridized carbons (Fsp3) is 0.462. The normalized spacial score (nSPS) is 33.1. The number of benzene rings is 1. The molecule has 0 N–H and O–H groups in total. The molecular weight excluding hydrogens is 368 g/mol. The molecule has 0 aliphatic heterocycles. The number of aromatic nitrogens is 2. The molecule has 3 aliphatic carbocycles. The highest BCUT2D eigenvalue weighted by atomic mass is 127. The van der Waals surface area contributed by atoms with E-state index in [2.05, 4.69) is 27.7 Å². The van der Waals surface area contributed by atoms with E-state index in [1.165, 1.54) is 0 Å². The second kappa shape index (κ2) is 3.27. The van der Waals surface area contributed by atoms with Gasteiger partial charge in [0.25, 0.3) is 0 Å². The van der Waals surface area contributed by atoms with Crippen molar-refractivity contribution < 1.29 is 13.2 Å². The molecule has 1 heterocycles. The van der Waals surface area contributed by atoms with Gasteiger partial charge in [0.05, 0.1) is 22.7 Å². The van der Waals surface area contributed by atoms with Gasteiger partial charge in [-0.05, 0) is 60.1 Å². The first kappa shape index (κ1) is 12.0. The summed E-state index contributed by atoms with van der Waals surface area (Å²) in [7, 11) is 0. The Morgan fingerprint density at radius 1 is 1.21 bits per heavy atom. The maximum Gasteiger partial charge on any atom is 0.394 e. The molecule has 0 unspecified atom stereocenters. The van der Waals surface area contributed by atoms with E-state index in [4.69, 9.17) is 0 Å². The van der Waals surface area contributed by atoms with E-state index in [1.54, 1.807) is 6.20 Å². The minimum absolute atomic E-state index is 0.187. The Bertz CT molecular complexity index is 669. The average Bonchev–Trinajstić information content (AvgIpc) is 2.55. The summed E-state index contributed by atoms with van der Waals surface area (Å²) in [6.45, 7) is 0. The SMILES string of the molecule is FC(F)(F)C12CC(n3ncc4cc(I)ccc43)(C1)C2. The van der Waals surface area contributed by atoms with Gasteiger partial charge in [0, 0.05) is 8.96 Å². The molecule has 19 heavy (non-hydrogen) atoms. The van der Waals surface area contributed by atoms with Crippen molar-refractivity contribution in [3.8, 4) is 0 Å². The van der Waals surface area contributed by atoms with Crippen molar-refractivity contribution in [3.63, 3.8) is 0 Å². The molecule has 3 aliphatic rings. The minimum atomic E-state index is -4.06. The van der Waals surface area contributed by atoms with E-state index in [9.17, 15) is 13.2 Å². The number of fused-ring (bicyclic) bond motifs is 1. The van der Waals surface area contributed by atoms with Crippen LogP contribution in [0.15, 0.2) is 24.4 Å². The zero-order chi connectivity index (χ0) is 13.5. The molecule has 0 radical (unpaired) electrons. The Kier molecular flexibility index (Phi) is 2.06. The molecule has 0 atom stereocenters. The number of alkyl halides is 3. The van der Waals surface area contributed by atoms with E-state index >= 15 is 0 Å². The van der Waals surface area contributed by atoms with Crippen LogP contribution in [-0.4, -0.2) is 16.0 Å². The number of hydrogen-bond donors (Lipinski definition) is 0. The minimum Gasteiger partial charge on any atom is -0.259 e. The predicted molar refractivity (Wildman–Crippen MR) is 72.8 cm³/mol. The van der Waals surface area contributed by atoms with Crippen molar-refractivity contribution in [1.29, 1.82) is 0 Å². The third-order valence-electron chi connectivity index (χ3n) is 4.58. The molecular formula is C13H10F3IN2. The van der Waals surface area contributed by atoms with Crippen molar-refractivity contribution in [2.75, 3.05) is 0 Å². The zero-order valence-electron chi connectivity index (χ0n) is 9.84. The molecule has 5 rings (SSSR count). The molecule has 100 valence electrons. The lowest BCUT2D eigenvalue weighted by Gasteiger charge is -2.70. The van der Waals surface area contributed by atoms with Crippen molar-refractivity contribution >= 4 is 33.5 Å². The van der Waals surface area contributed by atoms with Crippen LogP contribution in [-0.2, 0) is 5.54 Å². The monoisotopic (exact) mass is 378 g/mol. The van der Waals surface area contributed by atoms with Crippen molar-refractivity contribution in [1.82, 2.24) is 9.78 Å². The molecule has 0 amide bonds. The van der Waals surface area contributed by atoms with E-state index < -0.39 is 11.6 Å². The Labute approximate surface area is 121 Å². The lowest BCUT2D eigenvalue weighted by Crippen LogP contribution is -2.73. The number of halogens is 4. The first-order valence-corrected chi connectivity index (χ1v) is 7.14. The molecule has 1 aromatic heterocycles. The maximum absolute atomic E-state index is 12.9. The molecule has 6 heteroatoms. The first-order chi connectivity index (χ1) is 8.85. The van der Waals surface area contributed by atoms with Gasteiger partial charge in [-0.3, -0.25) is 4.68 Å². The second-order valence-electron chi connectivity index (χ2n) is 5.79. The van der Waals surface area contributed by atoms with Crippen LogP contribution >= 0.6 is 22.6 Å². The van der Waals surface area contributed by atoms with Crippen molar-refractivity contribution in [2.45, 2.75) is 31.0 Å². The smallest absolute Gasteiger partial charge is 0.259 e. The highest BCUT2D eigenvalue weighted by Gasteiger charge is 2.79. The van der Waals surface area contributed by atoms with Crippen LogP contribution in [0.1, 0.15) is 19.3 Å². The van der Waals surface area contributed by atoms with Gasteiger partial charge in [0.2, 0.25) is 0 Å². The van der Waals surface area contributed by atoms with Gasteiger partial charge in [-0.15, -0.1) is 0 Å². The van der Waals surface area contributed by atoms with Gasteiger partial charge >= 0.3 is 6.18 Å². The summed E-state index contributed by atoms with van der Waals surface area (Å²) >= 11 is 2.22. The zero-order valence-corrected chi connectivity index (χ0v) is 12.0. The third-order valence-corrected chi connectivity index (χ3v) is 5.25. The summed E-state index contributed by atoms with van der Waals surface area (Å²) in [6.07, 6.45) is -1.75. The van der Waals surface area contributed by atoms with E-state index in [0.717, 1.165) is 14.5 Å². The first-order valence-electron chi connectivity index (χ1n) is 6.06. The lowest BCUT2D eigenvalue weighted by atomic mass is 9.39. The quantitative estimate of drug-likeness (QED) is 0.684. The summed E-state index contributed by atoms with van der Waals surface area (Å²) < 4.78 is 41.5. The van der Waals surface area contributed by atoms with Gasteiger partial charge in [-0.25, -0.2) is 0 Å². The molecule has 2 nitrogen and oxygen atoms in total. The fourth-order valence-electron chi connectivity index (χ4n) is 3.64. The summed E-state index contributed by atoms with van der Waals surface area (Å²) in [4.78, 5) is 0. The summed E-state index contributed by atoms with van der Waals surface area (Å²) in [6, 6.07) is 5.92. The average molecular weight is 378 g/mol. The van der Waals surface area contributed by atoms with Crippen molar-refractivity contribution in [2.24, 2.45) is 5.41 Å². The molecule has 3 fully saturated rings. The largest absolute Gasteiger partial charge is 0.394 e. The summed E-state index contributed by atoms with van der Waals surface area (Å²) in [5.74, 6) is 0. The lowest BCUT2D eigenvalue weighted by molar-refractivity contribution is -0.355. The van der Waals surface area contributed by atoms with E-state index in [1.807, 2.05) is 22.9 Å². The summed E-state index contributed by atoms with van der Waals surface area (Å²) in [5, 5.41) is 5.33. The Morgan fingerprint density at radius 2 is 1.89 bits per heavy atom. The number of hydrogen-bond acceptors (Lipinski definition) is 1. The Morgan fingerprint density at radius 3 is 2.53 bits per heavy atom. The van der Waals surface area contributed by atoms with Gasteiger partial charge in [0.1, 0.15) is 0 Å². The molecule has 1 aromatic carbocycles. The Balaban J connectivity index is 1.72. The molecule has 2 bridgehead atoms. The maximum atomic E-state index is 12.9. The molecule has 2 aromatic rings. The standard InChI is InChI=1S/C13H10F3IN2/c14-13(15,16)11-5-12(6-11,7-11)19-10-2-1-9(17)3-8(10)4-18-19/h1-4H,5-7H2. The predicted octanol–water partition coefficient (Wildman–Crippen LogP) is 4.08. The molecule has 0 spiro atoms. The Hall–Kier alpha value is -0.790. The van der Waals surface area contributed by atoms with Gasteiger partial charge in [-0.1, -0.05) is 0 Å². The van der Waals surface area contributed by atoms with Crippen LogP contribution in [0, 0.1) is 8.99 Å². The number of rotatable bonds is 1. The number of nitrogens with zero attached hydrogens (tertiary/aromatic N) is 2. The van der Waals surface area contributed by atoms with Gasteiger partial charge in [-0.2, -0.15) is 18.3 Å². The van der Waals surface area contributed by atoms with E-state index in [0.29, 0.717) is 0 Å². The third kappa shape index (κ3) is 1.35. The van der Waals surface area contributed by atoms with Gasteiger partial charge in [0.15, 0.2) is 0 Å². The highest BCUT2D eigenvalue weighted by Crippen LogP contribution is 2.76. The van der Waals surface area contributed by atoms with Crippen LogP contribution in [0.25, 0.3) is 10.9 Å². The van der Waals surface area contributed by atoms with Crippen LogP contribution in [0.3, 0.4) is 0 Å². The van der Waals surface area contributed by atoms with Crippen LogP contribution in [0.4, 0.5) is 13.2 Å². The van der Waals surface area contributed by atoms with Crippen LogP contribution in [0.2, 0.25) is 0 Å². The highest BCUT2D eigenvalue weighted by molar-refractivity contribution is 14.1. The van der Waals surface area contributed by atoms with E-state index in [-0.39, 0.29) is 24.8 Å². The second-order valence-corrected chi connectivity index (χ2v) is 7.04. The molecule has 3 saturated carbocycles. The van der Waals surface area contributed by atoms with Crippen LogP contribution in [0.5, 0.6) is 0 Å². The topological polar surface area (TPSA) is 17.8 Å².